The van der Waals surface area contributed by atoms with E-state index in [2.05, 4.69) is 0 Å². The molecule has 1 unspecified atom stereocenters. The summed E-state index contributed by atoms with van der Waals surface area (Å²) in [6, 6.07) is 4.05. The van der Waals surface area contributed by atoms with Gasteiger partial charge in [-0.15, -0.1) is 0 Å². The molecular weight excluding hydrogens is 304 g/mol. The van der Waals surface area contributed by atoms with Crippen LogP contribution in [0.5, 0.6) is 0 Å². The Balaban J connectivity index is 2.28. The minimum Gasteiger partial charge on any atom is -0.380 e. The number of carbonyl (C=O) groups excluding carboxylic acids is 1. The van der Waals surface area contributed by atoms with E-state index in [0.29, 0.717) is 13.1 Å². The molecule has 20 heavy (non-hydrogen) atoms. The Labute approximate surface area is 122 Å². The van der Waals surface area contributed by atoms with Gasteiger partial charge in [-0.25, -0.2) is 13.6 Å². The zero-order valence-corrected chi connectivity index (χ0v) is 12.4. The number of amides is 1. The maximum Gasteiger partial charge on any atom is 0.253 e. The van der Waals surface area contributed by atoms with E-state index in [4.69, 9.17) is 21.5 Å². The second-order valence-corrected chi connectivity index (χ2v) is 6.52. The monoisotopic (exact) mass is 318 g/mol. The molecule has 0 bridgehead atoms. The number of methoxy groups -OCH3 is 1. The third-order valence-corrected chi connectivity index (χ3v) is 4.64. The highest BCUT2D eigenvalue weighted by molar-refractivity contribution is 7.89. The van der Waals surface area contributed by atoms with Gasteiger partial charge >= 0.3 is 0 Å². The summed E-state index contributed by atoms with van der Waals surface area (Å²) in [6.07, 6.45) is 0.779. The molecule has 1 aliphatic heterocycles. The fraction of sp³-hybridized carbons (Fsp3) is 0.417. The van der Waals surface area contributed by atoms with Crippen LogP contribution >= 0.6 is 11.6 Å². The molecule has 6 nitrogen and oxygen atoms in total. The maximum absolute atomic E-state index is 12.3. The van der Waals surface area contributed by atoms with Crippen molar-refractivity contribution in [1.82, 2.24) is 4.90 Å². The Kier molecular flexibility index (Phi) is 4.33. The Morgan fingerprint density at radius 1 is 1.50 bits per heavy atom. The van der Waals surface area contributed by atoms with Crippen molar-refractivity contribution in [3.63, 3.8) is 0 Å². The van der Waals surface area contributed by atoms with Crippen LogP contribution in [0.1, 0.15) is 16.8 Å². The molecule has 2 N–H and O–H groups in total. The largest absolute Gasteiger partial charge is 0.380 e. The molecule has 8 heteroatoms. The van der Waals surface area contributed by atoms with Gasteiger partial charge in [0.2, 0.25) is 10.0 Å². The van der Waals surface area contributed by atoms with E-state index in [-0.39, 0.29) is 27.5 Å². The van der Waals surface area contributed by atoms with Crippen molar-refractivity contribution in [2.24, 2.45) is 5.14 Å². The van der Waals surface area contributed by atoms with Crippen LogP contribution in [0.3, 0.4) is 0 Å². The molecule has 0 spiro atoms. The lowest BCUT2D eigenvalue weighted by atomic mass is 10.2. The molecule has 1 fully saturated rings. The molecule has 1 saturated heterocycles. The predicted octanol–water partition coefficient (Wildman–Crippen LogP) is 0.848. The van der Waals surface area contributed by atoms with E-state index in [1.54, 1.807) is 12.0 Å². The number of carbonyl (C=O) groups is 1. The number of rotatable bonds is 3. The molecule has 0 aromatic heterocycles. The predicted molar refractivity (Wildman–Crippen MR) is 74.1 cm³/mol. The fourth-order valence-electron chi connectivity index (χ4n) is 2.14. The number of nitrogens with two attached hydrogens (primary N) is 1. The topological polar surface area (TPSA) is 89.7 Å². The first kappa shape index (κ1) is 15.2. The average Bonchev–Trinajstić information content (AvgIpc) is 2.86. The highest BCUT2D eigenvalue weighted by atomic mass is 35.5. The van der Waals surface area contributed by atoms with Crippen LogP contribution in [0.2, 0.25) is 5.02 Å². The normalized spacial score (nSPS) is 19.4. The van der Waals surface area contributed by atoms with Crippen molar-refractivity contribution >= 4 is 27.5 Å². The quantitative estimate of drug-likeness (QED) is 0.894. The van der Waals surface area contributed by atoms with Gasteiger partial charge in [0.1, 0.15) is 4.90 Å². The zero-order valence-electron chi connectivity index (χ0n) is 10.9. The molecule has 1 aliphatic rings. The lowest BCUT2D eigenvalue weighted by Crippen LogP contribution is -2.30. The standard InChI is InChI=1S/C12H15ClN2O4S/c1-19-9-4-5-15(7-9)12(16)8-2-3-10(13)11(6-8)20(14,17)18/h2-3,6,9H,4-5,7H2,1H3,(H2,14,17,18). The molecule has 0 saturated carbocycles. The molecule has 1 atom stereocenters. The molecule has 0 radical (unpaired) electrons. The first-order valence-corrected chi connectivity index (χ1v) is 7.90. The summed E-state index contributed by atoms with van der Waals surface area (Å²) in [4.78, 5) is 13.7. The fourth-order valence-corrected chi connectivity index (χ4v) is 3.21. The second-order valence-electron chi connectivity index (χ2n) is 4.59. The second kappa shape index (κ2) is 5.69. The van der Waals surface area contributed by atoms with Crippen molar-refractivity contribution in [2.45, 2.75) is 17.4 Å². The van der Waals surface area contributed by atoms with Crippen LogP contribution < -0.4 is 5.14 Å². The Morgan fingerprint density at radius 2 is 2.20 bits per heavy atom. The molecule has 0 aliphatic carbocycles. The lowest BCUT2D eigenvalue weighted by molar-refractivity contribution is 0.0724. The van der Waals surface area contributed by atoms with Crippen molar-refractivity contribution in [3.05, 3.63) is 28.8 Å². The number of halogens is 1. The lowest BCUT2D eigenvalue weighted by Gasteiger charge is -2.16. The number of hydrogen-bond acceptors (Lipinski definition) is 4. The van der Waals surface area contributed by atoms with Gasteiger partial charge in [0.15, 0.2) is 0 Å². The van der Waals surface area contributed by atoms with Gasteiger partial charge in [-0.05, 0) is 24.6 Å². The summed E-state index contributed by atoms with van der Waals surface area (Å²) in [5.41, 5.74) is 0.246. The Hall–Kier alpha value is -1.15. The number of ether oxygens (including phenoxy) is 1. The van der Waals surface area contributed by atoms with E-state index in [0.717, 1.165) is 6.42 Å². The minimum absolute atomic E-state index is 0.000222. The number of primary sulfonamides is 1. The summed E-state index contributed by atoms with van der Waals surface area (Å²) in [5.74, 6) is -0.258. The SMILES string of the molecule is COC1CCN(C(=O)c2ccc(Cl)c(S(N)(=O)=O)c2)C1. The van der Waals surface area contributed by atoms with Crippen LogP contribution in [0.4, 0.5) is 0 Å². The minimum atomic E-state index is -3.96. The molecular formula is C12H15ClN2O4S. The summed E-state index contributed by atoms with van der Waals surface area (Å²) in [7, 11) is -2.36. The van der Waals surface area contributed by atoms with Crippen molar-refractivity contribution in [3.8, 4) is 0 Å². The summed E-state index contributed by atoms with van der Waals surface area (Å²) < 4.78 is 28.0. The first-order valence-electron chi connectivity index (χ1n) is 5.97. The van der Waals surface area contributed by atoms with Gasteiger partial charge in [0, 0.05) is 25.8 Å². The Morgan fingerprint density at radius 3 is 2.75 bits per heavy atom. The molecule has 1 amide bonds. The number of nitrogens with zero attached hydrogens (tertiary/aromatic N) is 1. The molecule has 1 aromatic rings. The van der Waals surface area contributed by atoms with Crippen molar-refractivity contribution in [2.75, 3.05) is 20.2 Å². The molecule has 1 aromatic carbocycles. The smallest absolute Gasteiger partial charge is 0.253 e. The third kappa shape index (κ3) is 3.12. The average molecular weight is 319 g/mol. The maximum atomic E-state index is 12.3. The first-order chi connectivity index (χ1) is 9.32. The van der Waals surface area contributed by atoms with Crippen molar-refractivity contribution in [1.29, 1.82) is 0 Å². The van der Waals surface area contributed by atoms with Crippen LogP contribution in [-0.2, 0) is 14.8 Å². The summed E-state index contributed by atoms with van der Waals surface area (Å²) in [5, 5.41) is 5.07. The number of sulfonamides is 1. The van der Waals surface area contributed by atoms with E-state index in [1.165, 1.54) is 18.2 Å². The van der Waals surface area contributed by atoms with Gasteiger partial charge in [-0.2, -0.15) is 0 Å². The highest BCUT2D eigenvalue weighted by Gasteiger charge is 2.27. The third-order valence-electron chi connectivity index (χ3n) is 3.25. The van der Waals surface area contributed by atoms with Gasteiger partial charge in [-0.1, -0.05) is 11.6 Å². The van der Waals surface area contributed by atoms with Crippen LogP contribution in [0.15, 0.2) is 23.1 Å². The molecule has 2 rings (SSSR count). The highest BCUT2D eigenvalue weighted by Crippen LogP contribution is 2.23. The number of hydrogen-bond donors (Lipinski definition) is 1. The van der Waals surface area contributed by atoms with Crippen molar-refractivity contribution < 1.29 is 17.9 Å². The Bertz CT molecular complexity index is 632. The van der Waals surface area contributed by atoms with Gasteiger partial charge in [-0.3, -0.25) is 4.79 Å². The summed E-state index contributed by atoms with van der Waals surface area (Å²) >= 11 is 5.79. The van der Waals surface area contributed by atoms with E-state index >= 15 is 0 Å². The number of likely N-dealkylation sites (tertiary alicyclic amines) is 1. The van der Waals surface area contributed by atoms with E-state index in [1.807, 2.05) is 0 Å². The van der Waals surface area contributed by atoms with Crippen LogP contribution in [0, 0.1) is 0 Å². The van der Waals surface area contributed by atoms with Crippen LogP contribution in [-0.4, -0.2) is 45.5 Å². The van der Waals surface area contributed by atoms with E-state index < -0.39 is 10.0 Å². The number of benzene rings is 1. The summed E-state index contributed by atoms with van der Waals surface area (Å²) in [6.45, 7) is 1.06. The van der Waals surface area contributed by atoms with Gasteiger partial charge < -0.3 is 9.64 Å². The van der Waals surface area contributed by atoms with Gasteiger partial charge in [0.25, 0.3) is 5.91 Å². The molecule has 110 valence electrons. The van der Waals surface area contributed by atoms with E-state index in [9.17, 15) is 13.2 Å². The van der Waals surface area contributed by atoms with Gasteiger partial charge in [0.05, 0.1) is 11.1 Å². The molecule has 1 heterocycles. The van der Waals surface area contributed by atoms with Crippen LogP contribution in [0.25, 0.3) is 0 Å². The zero-order chi connectivity index (χ0) is 14.9.